The Bertz CT molecular complexity index is 405. The van der Waals surface area contributed by atoms with Crippen LogP contribution >= 0.6 is 0 Å². The second-order valence-corrected chi connectivity index (χ2v) is 2.51. The van der Waals surface area contributed by atoms with Crippen molar-refractivity contribution < 1.29 is 4.39 Å². The van der Waals surface area contributed by atoms with Gasteiger partial charge in [-0.15, -0.1) is 0 Å². The highest BCUT2D eigenvalue weighted by Crippen LogP contribution is 1.91. The van der Waals surface area contributed by atoms with E-state index in [-0.39, 0.29) is 5.69 Å². The van der Waals surface area contributed by atoms with Crippen LogP contribution in [0.25, 0.3) is 0 Å². The second-order valence-electron chi connectivity index (χ2n) is 2.51. The van der Waals surface area contributed by atoms with Crippen molar-refractivity contribution in [2.45, 2.75) is 6.67 Å². The Labute approximate surface area is 67.9 Å². The lowest BCUT2D eigenvalue weighted by Gasteiger charge is -2.04. The van der Waals surface area contributed by atoms with Crippen LogP contribution in [0.15, 0.2) is 15.7 Å². The summed E-state index contributed by atoms with van der Waals surface area (Å²) in [6, 6.07) is 1.11. The van der Waals surface area contributed by atoms with E-state index in [4.69, 9.17) is 0 Å². The molecule has 1 aromatic rings. The average Bonchev–Trinajstić information content (AvgIpc) is 2.08. The molecule has 66 valence electrons. The van der Waals surface area contributed by atoms with Crippen LogP contribution in [-0.4, -0.2) is 9.13 Å². The van der Waals surface area contributed by atoms with Gasteiger partial charge < -0.3 is 0 Å². The van der Waals surface area contributed by atoms with Gasteiger partial charge in [0.1, 0.15) is 6.67 Å². The summed E-state index contributed by atoms with van der Waals surface area (Å²) in [5, 5.41) is 0. The van der Waals surface area contributed by atoms with Crippen LogP contribution < -0.4 is 11.2 Å². The van der Waals surface area contributed by atoms with Crippen molar-refractivity contribution in [1.29, 1.82) is 0 Å². The number of nitrogens with zero attached hydrogens (tertiary/aromatic N) is 2. The minimum Gasteiger partial charge on any atom is -0.298 e. The van der Waals surface area contributed by atoms with Gasteiger partial charge in [0.25, 0.3) is 5.56 Å². The molecule has 0 amide bonds. The number of rotatable bonds is 1. The van der Waals surface area contributed by atoms with Gasteiger partial charge >= 0.3 is 5.69 Å². The zero-order valence-corrected chi connectivity index (χ0v) is 6.87. The topological polar surface area (TPSA) is 44.0 Å². The third-order valence-electron chi connectivity index (χ3n) is 1.76. The second kappa shape index (κ2) is 2.92. The zero-order valence-electron chi connectivity index (χ0n) is 6.87. The maximum absolute atomic E-state index is 12.2. The molecule has 0 saturated carbocycles. The van der Waals surface area contributed by atoms with Crippen molar-refractivity contribution >= 4 is 0 Å². The molecule has 0 N–H and O–H groups in total. The summed E-state index contributed by atoms with van der Waals surface area (Å²) in [5.41, 5.74) is -0.885. The van der Waals surface area contributed by atoms with Gasteiger partial charge in [0.15, 0.2) is 0 Å². The van der Waals surface area contributed by atoms with Crippen LogP contribution in [0.2, 0.25) is 0 Å². The van der Waals surface area contributed by atoms with Gasteiger partial charge in [0.2, 0.25) is 0 Å². The first kappa shape index (κ1) is 8.70. The molecule has 0 bridgehead atoms. The van der Waals surface area contributed by atoms with Gasteiger partial charge in [-0.3, -0.25) is 13.9 Å². The Hall–Kier alpha value is -1.39. The summed E-state index contributed by atoms with van der Waals surface area (Å²) in [7, 11) is 2.78. The summed E-state index contributed by atoms with van der Waals surface area (Å²) in [6.45, 7) is -0.804. The fourth-order valence-corrected chi connectivity index (χ4v) is 0.907. The van der Waals surface area contributed by atoms with Crippen molar-refractivity contribution in [3.8, 4) is 0 Å². The van der Waals surface area contributed by atoms with Crippen LogP contribution in [0.1, 0.15) is 5.69 Å². The molecule has 1 rings (SSSR count). The molecule has 0 fully saturated rings. The van der Waals surface area contributed by atoms with E-state index in [9.17, 15) is 14.0 Å². The summed E-state index contributed by atoms with van der Waals surface area (Å²) in [5.74, 6) is 0. The molecule has 0 aliphatic heterocycles. The quantitative estimate of drug-likeness (QED) is 0.576. The number of aromatic nitrogens is 2. The zero-order chi connectivity index (χ0) is 9.30. The number of halogens is 1. The first-order valence-electron chi connectivity index (χ1n) is 3.40. The van der Waals surface area contributed by atoms with Gasteiger partial charge in [-0.25, -0.2) is 9.18 Å². The van der Waals surface area contributed by atoms with E-state index in [0.717, 1.165) is 15.2 Å². The van der Waals surface area contributed by atoms with Crippen LogP contribution in [0.5, 0.6) is 0 Å². The minimum atomic E-state index is -0.804. The van der Waals surface area contributed by atoms with E-state index in [1.54, 1.807) is 0 Å². The number of hydrogen-bond donors (Lipinski definition) is 0. The Morgan fingerprint density at radius 1 is 1.33 bits per heavy atom. The molecule has 0 aliphatic carbocycles. The molecule has 5 heteroatoms. The molecular weight excluding hydrogens is 163 g/mol. The molecular formula is C7H9FN2O2. The lowest BCUT2D eigenvalue weighted by Crippen LogP contribution is -2.37. The lowest BCUT2D eigenvalue weighted by atomic mass is 10.4. The molecule has 0 atom stereocenters. The highest BCUT2D eigenvalue weighted by Gasteiger charge is 2.03. The minimum absolute atomic E-state index is 0.100. The van der Waals surface area contributed by atoms with Crippen LogP contribution in [0.4, 0.5) is 4.39 Å². The average molecular weight is 172 g/mol. The molecule has 0 unspecified atom stereocenters. The predicted octanol–water partition coefficient (Wildman–Crippen LogP) is -0.446. The molecule has 0 saturated heterocycles. The first-order valence-corrected chi connectivity index (χ1v) is 3.40. The summed E-state index contributed by atoms with van der Waals surface area (Å²) in [6.07, 6.45) is 0. The van der Waals surface area contributed by atoms with E-state index in [1.807, 2.05) is 0 Å². The maximum Gasteiger partial charge on any atom is 0.330 e. The summed E-state index contributed by atoms with van der Waals surface area (Å²) < 4.78 is 14.2. The van der Waals surface area contributed by atoms with E-state index in [0.29, 0.717) is 0 Å². The molecule has 0 aliphatic rings. The smallest absolute Gasteiger partial charge is 0.298 e. The predicted molar refractivity (Wildman–Crippen MR) is 41.7 cm³/mol. The van der Waals surface area contributed by atoms with Crippen molar-refractivity contribution in [3.05, 3.63) is 32.6 Å². The largest absolute Gasteiger partial charge is 0.330 e. The number of alkyl halides is 1. The fraction of sp³-hybridized carbons (Fsp3) is 0.429. The van der Waals surface area contributed by atoms with Crippen molar-refractivity contribution in [1.82, 2.24) is 9.13 Å². The summed E-state index contributed by atoms with van der Waals surface area (Å²) >= 11 is 0. The molecule has 0 radical (unpaired) electrons. The standard InChI is InChI=1S/C7H9FN2O2/c1-9-5(4-8)3-6(11)10(2)7(9)12/h3H,4H2,1-2H3. The van der Waals surface area contributed by atoms with Gasteiger partial charge in [-0.2, -0.15) is 0 Å². The van der Waals surface area contributed by atoms with E-state index in [1.165, 1.54) is 14.1 Å². The van der Waals surface area contributed by atoms with E-state index >= 15 is 0 Å². The van der Waals surface area contributed by atoms with Crippen LogP contribution in [0, 0.1) is 0 Å². The first-order chi connectivity index (χ1) is 5.57. The third-order valence-corrected chi connectivity index (χ3v) is 1.76. The molecule has 0 spiro atoms. The van der Waals surface area contributed by atoms with Gasteiger partial charge in [-0.05, 0) is 0 Å². The highest BCUT2D eigenvalue weighted by molar-refractivity contribution is 5.00. The fourth-order valence-electron chi connectivity index (χ4n) is 0.907. The van der Waals surface area contributed by atoms with Gasteiger partial charge in [0.05, 0.1) is 5.69 Å². The van der Waals surface area contributed by atoms with E-state index in [2.05, 4.69) is 0 Å². The highest BCUT2D eigenvalue weighted by atomic mass is 19.1. The van der Waals surface area contributed by atoms with Crippen LogP contribution in [0.3, 0.4) is 0 Å². The van der Waals surface area contributed by atoms with Gasteiger partial charge in [0, 0.05) is 20.2 Å². The Balaban J connectivity index is 3.61. The van der Waals surface area contributed by atoms with Crippen LogP contribution in [-0.2, 0) is 20.8 Å². The maximum atomic E-state index is 12.2. The van der Waals surface area contributed by atoms with Crippen molar-refractivity contribution in [2.24, 2.45) is 14.1 Å². The normalized spacial score (nSPS) is 10.2. The number of hydrogen-bond acceptors (Lipinski definition) is 2. The Morgan fingerprint density at radius 3 is 2.42 bits per heavy atom. The Kier molecular flexibility index (Phi) is 2.12. The lowest BCUT2D eigenvalue weighted by molar-refractivity contribution is 0.453. The van der Waals surface area contributed by atoms with E-state index < -0.39 is 17.9 Å². The molecule has 0 aromatic carbocycles. The molecule has 1 heterocycles. The Morgan fingerprint density at radius 2 is 1.92 bits per heavy atom. The molecule has 12 heavy (non-hydrogen) atoms. The molecule has 1 aromatic heterocycles. The van der Waals surface area contributed by atoms with Crippen molar-refractivity contribution in [2.75, 3.05) is 0 Å². The van der Waals surface area contributed by atoms with Gasteiger partial charge in [-0.1, -0.05) is 0 Å². The SMILES string of the molecule is Cn1c(CF)cc(=O)n(C)c1=O. The summed E-state index contributed by atoms with van der Waals surface area (Å²) in [4.78, 5) is 22.1. The molecule has 4 nitrogen and oxygen atoms in total. The van der Waals surface area contributed by atoms with Crippen molar-refractivity contribution in [3.63, 3.8) is 0 Å². The monoisotopic (exact) mass is 172 g/mol. The third kappa shape index (κ3) is 1.17.